The van der Waals surface area contributed by atoms with Gasteiger partial charge in [0.1, 0.15) is 17.6 Å². The molecule has 2 aromatic carbocycles. The number of hydrogen-bond donors (Lipinski definition) is 1. The Hall–Kier alpha value is -2.31. The van der Waals surface area contributed by atoms with Gasteiger partial charge in [0.25, 0.3) is 0 Å². The Bertz CT molecular complexity index is 642. The van der Waals surface area contributed by atoms with Crippen LogP contribution in [0.1, 0.15) is 36.5 Å². The van der Waals surface area contributed by atoms with Crippen molar-refractivity contribution in [1.29, 1.82) is 5.26 Å². The molecule has 0 saturated carbocycles. The zero-order chi connectivity index (χ0) is 14.5. The Morgan fingerprint density at radius 3 is 2.55 bits per heavy atom. The fourth-order valence-electron chi connectivity index (χ4n) is 2.05. The van der Waals surface area contributed by atoms with Gasteiger partial charge >= 0.3 is 0 Å². The molecule has 0 fully saturated rings. The highest BCUT2D eigenvalue weighted by Gasteiger charge is 2.10. The van der Waals surface area contributed by atoms with E-state index in [1.807, 2.05) is 30.3 Å². The van der Waals surface area contributed by atoms with Crippen LogP contribution in [0.15, 0.2) is 42.5 Å². The first kappa shape index (κ1) is 14.1. The molecule has 2 N–H and O–H groups in total. The van der Waals surface area contributed by atoms with Gasteiger partial charge in [0.05, 0.1) is 5.56 Å². The summed E-state index contributed by atoms with van der Waals surface area (Å²) in [6.45, 7) is 4.65. The van der Waals surface area contributed by atoms with E-state index >= 15 is 0 Å². The lowest BCUT2D eigenvalue weighted by Gasteiger charge is -2.14. The predicted octanol–water partition coefficient (Wildman–Crippen LogP) is 3.93. The van der Waals surface area contributed by atoms with E-state index < -0.39 is 0 Å². The number of para-hydroxylation sites is 1. The van der Waals surface area contributed by atoms with E-state index in [9.17, 15) is 5.26 Å². The highest BCUT2D eigenvalue weighted by atomic mass is 16.5. The van der Waals surface area contributed by atoms with Gasteiger partial charge in [-0.05, 0) is 35.2 Å². The van der Waals surface area contributed by atoms with Gasteiger partial charge in [-0.1, -0.05) is 38.1 Å². The summed E-state index contributed by atoms with van der Waals surface area (Å²) in [5.74, 6) is 1.72. The van der Waals surface area contributed by atoms with Crippen molar-refractivity contribution in [2.75, 3.05) is 0 Å². The normalized spacial score (nSPS) is 10.3. The van der Waals surface area contributed by atoms with Crippen LogP contribution in [0.3, 0.4) is 0 Å². The van der Waals surface area contributed by atoms with Crippen molar-refractivity contribution in [3.8, 4) is 17.6 Å². The van der Waals surface area contributed by atoms with Crippen LogP contribution in [0.4, 0.5) is 0 Å². The zero-order valence-corrected chi connectivity index (χ0v) is 11.8. The van der Waals surface area contributed by atoms with E-state index in [2.05, 4.69) is 19.9 Å². The molecule has 0 heterocycles. The van der Waals surface area contributed by atoms with Crippen LogP contribution in [-0.4, -0.2) is 0 Å². The third-order valence-corrected chi connectivity index (χ3v) is 3.16. The number of ether oxygens (including phenoxy) is 1. The molecule has 0 unspecified atom stereocenters. The van der Waals surface area contributed by atoms with E-state index in [0.29, 0.717) is 23.8 Å². The van der Waals surface area contributed by atoms with E-state index in [1.54, 1.807) is 12.1 Å². The molecule has 2 aromatic rings. The molecule has 0 spiro atoms. The maximum atomic E-state index is 9.22. The minimum absolute atomic E-state index is 0.361. The van der Waals surface area contributed by atoms with Crippen LogP contribution < -0.4 is 10.5 Å². The Morgan fingerprint density at radius 2 is 1.90 bits per heavy atom. The zero-order valence-electron chi connectivity index (χ0n) is 11.8. The van der Waals surface area contributed by atoms with Crippen molar-refractivity contribution in [2.45, 2.75) is 26.3 Å². The van der Waals surface area contributed by atoms with Crippen LogP contribution in [0.5, 0.6) is 11.5 Å². The molecule has 102 valence electrons. The summed E-state index contributed by atoms with van der Waals surface area (Å²) in [6.07, 6.45) is 0. The van der Waals surface area contributed by atoms with Gasteiger partial charge in [0.15, 0.2) is 0 Å². The standard InChI is InChI=1S/C17H18N2O/c1-12(2)15-5-3-4-6-17(15)20-16-8-7-13(10-18)9-14(16)11-19/h3-9,12H,10,18H2,1-2H3. The van der Waals surface area contributed by atoms with Crippen LogP contribution in [0.25, 0.3) is 0 Å². The summed E-state index contributed by atoms with van der Waals surface area (Å²) < 4.78 is 5.93. The van der Waals surface area contributed by atoms with Gasteiger partial charge in [-0.3, -0.25) is 0 Å². The van der Waals surface area contributed by atoms with E-state index in [1.165, 1.54) is 0 Å². The molecule has 2 rings (SSSR count). The Kier molecular flexibility index (Phi) is 4.39. The number of nitrogens with two attached hydrogens (primary N) is 1. The van der Waals surface area contributed by atoms with Gasteiger partial charge in [-0.25, -0.2) is 0 Å². The van der Waals surface area contributed by atoms with E-state index in [-0.39, 0.29) is 0 Å². The van der Waals surface area contributed by atoms with Crippen molar-refractivity contribution in [3.05, 3.63) is 59.2 Å². The second-order valence-corrected chi connectivity index (χ2v) is 4.94. The minimum atomic E-state index is 0.361. The topological polar surface area (TPSA) is 59.0 Å². The number of nitrogens with zero attached hydrogens (tertiary/aromatic N) is 1. The molecule has 3 nitrogen and oxygen atoms in total. The van der Waals surface area contributed by atoms with Crippen LogP contribution >= 0.6 is 0 Å². The Balaban J connectivity index is 2.38. The second kappa shape index (κ2) is 6.23. The molecule has 0 aliphatic carbocycles. The van der Waals surface area contributed by atoms with Crippen LogP contribution in [-0.2, 0) is 6.54 Å². The summed E-state index contributed by atoms with van der Waals surface area (Å²) in [4.78, 5) is 0. The van der Waals surface area contributed by atoms with Crippen molar-refractivity contribution in [1.82, 2.24) is 0 Å². The molecule has 0 atom stereocenters. The lowest BCUT2D eigenvalue weighted by molar-refractivity contribution is 0.471. The predicted molar refractivity (Wildman–Crippen MR) is 79.7 cm³/mol. The average molecular weight is 266 g/mol. The molecule has 0 radical (unpaired) electrons. The summed E-state index contributed by atoms with van der Waals surface area (Å²) in [5.41, 5.74) is 8.14. The second-order valence-electron chi connectivity index (χ2n) is 4.94. The van der Waals surface area contributed by atoms with Gasteiger partial charge < -0.3 is 10.5 Å². The van der Waals surface area contributed by atoms with E-state index in [4.69, 9.17) is 10.5 Å². The van der Waals surface area contributed by atoms with Gasteiger partial charge in [0, 0.05) is 6.54 Å². The van der Waals surface area contributed by atoms with Crippen molar-refractivity contribution < 1.29 is 4.74 Å². The molecule has 0 aliphatic heterocycles. The highest BCUT2D eigenvalue weighted by molar-refractivity contribution is 5.49. The van der Waals surface area contributed by atoms with Gasteiger partial charge in [-0.15, -0.1) is 0 Å². The lowest BCUT2D eigenvalue weighted by Crippen LogP contribution is -1.99. The van der Waals surface area contributed by atoms with Crippen LogP contribution in [0.2, 0.25) is 0 Å². The van der Waals surface area contributed by atoms with Crippen molar-refractivity contribution in [3.63, 3.8) is 0 Å². The molecule has 0 aromatic heterocycles. The molecule has 20 heavy (non-hydrogen) atoms. The smallest absolute Gasteiger partial charge is 0.145 e. The maximum Gasteiger partial charge on any atom is 0.145 e. The molecular formula is C17H18N2O. The maximum absolute atomic E-state index is 9.22. The molecular weight excluding hydrogens is 248 g/mol. The lowest BCUT2D eigenvalue weighted by atomic mass is 10.0. The van der Waals surface area contributed by atoms with Crippen molar-refractivity contribution in [2.24, 2.45) is 5.73 Å². The van der Waals surface area contributed by atoms with Gasteiger partial charge in [0.2, 0.25) is 0 Å². The largest absolute Gasteiger partial charge is 0.456 e. The first-order chi connectivity index (χ1) is 9.65. The molecule has 0 aliphatic rings. The van der Waals surface area contributed by atoms with E-state index in [0.717, 1.165) is 16.9 Å². The van der Waals surface area contributed by atoms with Crippen LogP contribution in [0, 0.1) is 11.3 Å². The van der Waals surface area contributed by atoms with Crippen molar-refractivity contribution >= 4 is 0 Å². The molecule has 3 heteroatoms. The summed E-state index contributed by atoms with van der Waals surface area (Å²) in [5, 5.41) is 9.22. The highest BCUT2D eigenvalue weighted by Crippen LogP contribution is 2.32. The Labute approximate surface area is 119 Å². The Morgan fingerprint density at radius 1 is 1.15 bits per heavy atom. The number of benzene rings is 2. The first-order valence-corrected chi connectivity index (χ1v) is 6.65. The summed E-state index contributed by atoms with van der Waals surface area (Å²) in [6, 6.07) is 15.5. The fraction of sp³-hybridized carbons (Fsp3) is 0.235. The number of hydrogen-bond acceptors (Lipinski definition) is 3. The molecule has 0 bridgehead atoms. The van der Waals surface area contributed by atoms with Gasteiger partial charge in [-0.2, -0.15) is 5.26 Å². The summed E-state index contributed by atoms with van der Waals surface area (Å²) in [7, 11) is 0. The molecule has 0 saturated heterocycles. The number of rotatable bonds is 4. The fourth-order valence-corrected chi connectivity index (χ4v) is 2.05. The number of nitriles is 1. The third-order valence-electron chi connectivity index (χ3n) is 3.16. The first-order valence-electron chi connectivity index (χ1n) is 6.65. The molecule has 0 amide bonds. The third kappa shape index (κ3) is 2.98. The SMILES string of the molecule is CC(C)c1ccccc1Oc1ccc(CN)cc1C#N. The quantitative estimate of drug-likeness (QED) is 0.912. The monoisotopic (exact) mass is 266 g/mol. The average Bonchev–Trinajstić information content (AvgIpc) is 2.48. The summed E-state index contributed by atoms with van der Waals surface area (Å²) >= 11 is 0. The minimum Gasteiger partial charge on any atom is -0.456 e.